The van der Waals surface area contributed by atoms with Crippen molar-refractivity contribution in [2.24, 2.45) is 5.92 Å². The second kappa shape index (κ2) is 10.4. The van der Waals surface area contributed by atoms with E-state index < -0.39 is 43.5 Å². The third kappa shape index (κ3) is 4.18. The van der Waals surface area contributed by atoms with Crippen LogP contribution in [0.4, 0.5) is 5.69 Å². The first-order valence-electron chi connectivity index (χ1n) is 12.1. The second-order valence-electron chi connectivity index (χ2n) is 8.95. The predicted octanol–water partition coefficient (Wildman–Crippen LogP) is 5.04. The number of benzene rings is 1. The molecule has 0 aromatic heterocycles. The average Bonchev–Trinajstić information content (AvgIpc) is 3.23. The summed E-state index contributed by atoms with van der Waals surface area (Å²) in [5.74, 6) is -3.54. The Morgan fingerprint density at radius 2 is 1.29 bits per heavy atom. The summed E-state index contributed by atoms with van der Waals surface area (Å²) in [5, 5.41) is 9.30. The largest absolute Gasteiger partial charge is 0.462 e. The number of aliphatic hydroxyl groups is 1. The Morgan fingerprint density at radius 3 is 1.66 bits per heavy atom. The van der Waals surface area contributed by atoms with Crippen LogP contribution in [-0.2, 0) is 19.4 Å². The van der Waals surface area contributed by atoms with Gasteiger partial charge in [-0.3, -0.25) is 14.2 Å². The molecule has 1 atom stereocenters. The number of ether oxygens (including phenoxy) is 2. The number of hydrogen-bond acceptors (Lipinski definition) is 8. The van der Waals surface area contributed by atoms with Crippen LogP contribution in [0.25, 0.3) is 11.1 Å². The molecule has 1 aliphatic heterocycles. The Morgan fingerprint density at radius 1 is 0.842 bits per heavy atom. The van der Waals surface area contributed by atoms with Gasteiger partial charge in [-0.2, -0.15) is 0 Å². The molecule has 0 spiro atoms. The van der Waals surface area contributed by atoms with E-state index in [1.54, 1.807) is 39.8 Å². The van der Waals surface area contributed by atoms with Crippen LogP contribution >= 0.6 is 8.46 Å². The first-order chi connectivity index (χ1) is 18.1. The number of fused-ring (bicyclic) bond motifs is 2. The minimum absolute atomic E-state index is 0.00578. The molecule has 0 fully saturated rings. The number of rotatable bonds is 8. The van der Waals surface area contributed by atoms with E-state index in [4.69, 9.17) is 9.47 Å². The molecule has 3 aliphatic rings. The molecule has 0 bridgehead atoms. The molecule has 1 N–H and O–H groups in total. The summed E-state index contributed by atoms with van der Waals surface area (Å²) in [5.41, 5.74) is 0.358. The fraction of sp³-hybridized carbons (Fsp3) is 0.286. The zero-order valence-corrected chi connectivity index (χ0v) is 22.2. The summed E-state index contributed by atoms with van der Waals surface area (Å²) < 4.78 is 22.5. The molecule has 9 nitrogen and oxygen atoms in total. The van der Waals surface area contributed by atoms with Gasteiger partial charge in [0.15, 0.2) is 13.8 Å². The SMILES string of the molecule is CCOC(=O)c1c2ccc(C(O)(P=O)C(C)C)ccc-2c(C(=O)OCC)c1N1C(=O)c2ccccc2C1=O. The van der Waals surface area contributed by atoms with Gasteiger partial charge in [0, 0.05) is 0 Å². The first-order valence-corrected chi connectivity index (χ1v) is 12.9. The van der Waals surface area contributed by atoms with E-state index in [2.05, 4.69) is 0 Å². The van der Waals surface area contributed by atoms with Gasteiger partial charge in [0.2, 0.25) is 0 Å². The van der Waals surface area contributed by atoms with Gasteiger partial charge < -0.3 is 14.6 Å². The highest BCUT2D eigenvalue weighted by molar-refractivity contribution is 7.25. The highest BCUT2D eigenvalue weighted by atomic mass is 31.1. The number of hydrogen-bond donors (Lipinski definition) is 1. The highest BCUT2D eigenvalue weighted by Crippen LogP contribution is 2.47. The average molecular weight is 535 g/mol. The quantitative estimate of drug-likeness (QED) is 0.242. The minimum atomic E-state index is -1.74. The molecule has 4 rings (SSSR count). The summed E-state index contributed by atoms with van der Waals surface area (Å²) in [7, 11) is -0.535. The maximum Gasteiger partial charge on any atom is 0.340 e. The van der Waals surface area contributed by atoms with Crippen LogP contribution in [0.2, 0.25) is 0 Å². The van der Waals surface area contributed by atoms with E-state index in [-0.39, 0.29) is 57.8 Å². The molecule has 1 unspecified atom stereocenters. The summed E-state index contributed by atoms with van der Waals surface area (Å²) in [6.07, 6.45) is 0. The highest BCUT2D eigenvalue weighted by Gasteiger charge is 2.44. The lowest BCUT2D eigenvalue weighted by molar-refractivity contribution is 0.0525. The predicted molar refractivity (Wildman–Crippen MR) is 139 cm³/mol. The molecule has 0 saturated heterocycles. The molecule has 1 heterocycles. The Kier molecular flexibility index (Phi) is 7.44. The lowest BCUT2D eigenvalue weighted by Gasteiger charge is -2.24. The zero-order chi connectivity index (χ0) is 27.8. The Bertz CT molecular complexity index is 1360. The van der Waals surface area contributed by atoms with E-state index in [1.165, 1.54) is 36.4 Å². The summed E-state index contributed by atoms with van der Waals surface area (Å²) >= 11 is 0. The van der Waals surface area contributed by atoms with Gasteiger partial charge in [-0.15, -0.1) is 0 Å². The normalized spacial score (nSPS) is 14.6. The zero-order valence-electron chi connectivity index (χ0n) is 21.3. The van der Waals surface area contributed by atoms with E-state index in [1.807, 2.05) is 0 Å². The number of imide groups is 1. The maximum atomic E-state index is 13.4. The van der Waals surface area contributed by atoms with Crippen molar-refractivity contribution in [2.45, 2.75) is 33.0 Å². The number of nitrogens with zero attached hydrogens (tertiary/aromatic N) is 1. The van der Waals surface area contributed by atoms with Gasteiger partial charge in [0.25, 0.3) is 11.8 Å². The molecule has 2 aliphatic carbocycles. The topological polar surface area (TPSA) is 127 Å². The number of amides is 2. The van der Waals surface area contributed by atoms with Crippen molar-refractivity contribution in [3.63, 3.8) is 0 Å². The van der Waals surface area contributed by atoms with Crippen LogP contribution in [0.1, 0.15) is 74.7 Å². The Labute approximate surface area is 220 Å². The molecular weight excluding hydrogens is 509 g/mol. The molecule has 2 amide bonds. The third-order valence-corrected chi connectivity index (χ3v) is 7.56. The first kappa shape index (κ1) is 27.1. The maximum absolute atomic E-state index is 13.4. The monoisotopic (exact) mass is 535 g/mol. The lowest BCUT2D eigenvalue weighted by Crippen LogP contribution is -2.32. The van der Waals surface area contributed by atoms with Gasteiger partial charge in [0.1, 0.15) is 0 Å². The number of carbonyl (C=O) groups excluding carboxylic acids is 4. The van der Waals surface area contributed by atoms with Crippen LogP contribution < -0.4 is 4.90 Å². The fourth-order valence-corrected chi connectivity index (χ4v) is 5.04. The van der Waals surface area contributed by atoms with Crippen molar-refractivity contribution in [3.8, 4) is 11.1 Å². The van der Waals surface area contributed by atoms with Gasteiger partial charge in [-0.05, 0) is 48.6 Å². The lowest BCUT2D eigenvalue weighted by atomic mass is 9.99. The molecule has 1 aromatic rings. The molecule has 38 heavy (non-hydrogen) atoms. The molecule has 0 saturated carbocycles. The minimum Gasteiger partial charge on any atom is -0.462 e. The molecule has 196 valence electrons. The van der Waals surface area contributed by atoms with Gasteiger partial charge in [-0.1, -0.05) is 50.2 Å². The van der Waals surface area contributed by atoms with Gasteiger partial charge in [-0.25, -0.2) is 14.5 Å². The van der Waals surface area contributed by atoms with Crippen LogP contribution in [0.3, 0.4) is 0 Å². The number of anilines is 1. The molecular formula is C28H26NO8P. The number of carbonyl (C=O) groups is 4. The van der Waals surface area contributed by atoms with Crippen molar-refractivity contribution >= 4 is 37.9 Å². The molecule has 1 aromatic carbocycles. The van der Waals surface area contributed by atoms with Crippen LogP contribution in [0.5, 0.6) is 0 Å². The van der Waals surface area contributed by atoms with Crippen molar-refractivity contribution in [2.75, 3.05) is 18.1 Å². The van der Waals surface area contributed by atoms with Gasteiger partial charge >= 0.3 is 11.9 Å². The smallest absolute Gasteiger partial charge is 0.340 e. The Hall–Kier alpha value is -3.94. The van der Waals surface area contributed by atoms with Gasteiger partial charge in [0.05, 0.1) is 41.2 Å². The van der Waals surface area contributed by atoms with Crippen LogP contribution in [-0.4, -0.2) is 42.1 Å². The van der Waals surface area contributed by atoms with Crippen molar-refractivity contribution in [1.29, 1.82) is 0 Å². The van der Waals surface area contributed by atoms with Crippen molar-refractivity contribution in [3.05, 3.63) is 76.3 Å². The fourth-order valence-electron chi connectivity index (χ4n) is 4.57. The summed E-state index contributed by atoms with van der Waals surface area (Å²) in [6.45, 7) is 6.59. The Balaban J connectivity index is 2.09. The number of esters is 2. The van der Waals surface area contributed by atoms with E-state index in [0.717, 1.165) is 4.90 Å². The molecule has 10 heteroatoms. The van der Waals surface area contributed by atoms with E-state index in [0.29, 0.717) is 0 Å². The van der Waals surface area contributed by atoms with Crippen LogP contribution in [0, 0.1) is 5.92 Å². The second-order valence-corrected chi connectivity index (χ2v) is 9.82. The van der Waals surface area contributed by atoms with Crippen molar-refractivity contribution < 1.29 is 38.3 Å². The standard InChI is InChI=1S/C28H26NO8P/c1-5-36-26(32)21-17-13-11-16(28(34,38-35)15(3)4)12-14-18(17)22(27(33)37-6-2)23(21)29-24(30)19-9-7-8-10-20(19)25(29)31/h7-15,34H,5-6H2,1-4H3. The van der Waals surface area contributed by atoms with E-state index in [9.17, 15) is 28.8 Å². The van der Waals surface area contributed by atoms with E-state index >= 15 is 0 Å². The van der Waals surface area contributed by atoms with Crippen LogP contribution in [0.15, 0.2) is 48.5 Å². The third-order valence-electron chi connectivity index (χ3n) is 6.51. The summed E-state index contributed by atoms with van der Waals surface area (Å²) in [4.78, 5) is 54.4. The molecule has 0 radical (unpaired) electrons. The summed E-state index contributed by atoms with van der Waals surface area (Å²) in [6, 6.07) is 12.1. The van der Waals surface area contributed by atoms with Crippen molar-refractivity contribution in [1.82, 2.24) is 0 Å².